The van der Waals surface area contributed by atoms with Gasteiger partial charge in [0.05, 0.1) is 11.3 Å². The Kier molecular flexibility index (Phi) is 4.16. The van der Waals surface area contributed by atoms with Crippen molar-refractivity contribution in [3.8, 4) is 0 Å². The molecule has 0 aliphatic rings. The molecule has 4 N–H and O–H groups in total. The Balaban J connectivity index is 0.00000144. The molecule has 6 heteroatoms. The number of nitrogens with two attached hydrogens (primary N) is 1. The van der Waals surface area contributed by atoms with Gasteiger partial charge in [-0.3, -0.25) is 5.84 Å². The summed E-state index contributed by atoms with van der Waals surface area (Å²) in [6, 6.07) is 3.92. The first kappa shape index (κ1) is 11.7. The van der Waals surface area contributed by atoms with Crippen molar-refractivity contribution in [2.45, 2.75) is 0 Å². The number of anilines is 1. The number of hydrazine groups is 1. The van der Waals surface area contributed by atoms with Crippen molar-refractivity contribution < 1.29 is 14.3 Å². The van der Waals surface area contributed by atoms with Crippen LogP contribution in [0.15, 0.2) is 18.2 Å². The zero-order chi connectivity index (χ0) is 9.14. The highest BCUT2D eigenvalue weighted by Crippen LogP contribution is 2.16. The lowest BCUT2D eigenvalue weighted by molar-refractivity contribution is 0.0692. The topological polar surface area (TPSA) is 75.3 Å². The average Bonchev–Trinajstić information content (AvgIpc) is 2.04. The van der Waals surface area contributed by atoms with E-state index in [4.69, 9.17) is 10.9 Å². The van der Waals surface area contributed by atoms with Crippen LogP contribution in [0.25, 0.3) is 0 Å². The Hall–Kier alpha value is -1.33. The van der Waals surface area contributed by atoms with E-state index in [-0.39, 0.29) is 18.1 Å². The van der Waals surface area contributed by atoms with Crippen molar-refractivity contribution in [1.82, 2.24) is 0 Å². The first-order valence-corrected chi connectivity index (χ1v) is 3.15. The number of halogens is 2. The van der Waals surface area contributed by atoms with Crippen LogP contribution >= 0.6 is 12.4 Å². The Labute approximate surface area is 79.9 Å². The fourth-order valence-electron chi connectivity index (χ4n) is 0.809. The van der Waals surface area contributed by atoms with Gasteiger partial charge in [0.1, 0.15) is 0 Å². The number of nitrogens with one attached hydrogen (secondary N) is 1. The molecular formula is C7H8ClFN2O2. The van der Waals surface area contributed by atoms with Crippen LogP contribution in [0.5, 0.6) is 0 Å². The maximum atomic E-state index is 13.0. The molecule has 13 heavy (non-hydrogen) atoms. The van der Waals surface area contributed by atoms with Gasteiger partial charge in [-0.2, -0.15) is 0 Å². The molecule has 0 heterocycles. The highest BCUT2D eigenvalue weighted by molar-refractivity contribution is 5.89. The van der Waals surface area contributed by atoms with Crippen LogP contribution in [0.3, 0.4) is 0 Å². The number of rotatable bonds is 2. The van der Waals surface area contributed by atoms with E-state index in [1.807, 2.05) is 0 Å². The van der Waals surface area contributed by atoms with Crippen molar-refractivity contribution in [3.63, 3.8) is 0 Å². The summed E-state index contributed by atoms with van der Waals surface area (Å²) < 4.78 is 13.0. The number of carboxylic acids is 1. The van der Waals surface area contributed by atoms with E-state index in [2.05, 4.69) is 5.43 Å². The highest BCUT2D eigenvalue weighted by Gasteiger charge is 2.12. The van der Waals surface area contributed by atoms with Gasteiger partial charge in [-0.15, -0.1) is 12.4 Å². The molecule has 0 spiro atoms. The number of benzene rings is 1. The minimum atomic E-state index is -1.32. The smallest absolute Gasteiger partial charge is 0.338 e. The van der Waals surface area contributed by atoms with Gasteiger partial charge >= 0.3 is 5.97 Å². The molecule has 0 aliphatic heterocycles. The normalized spacial score (nSPS) is 8.77. The molecule has 0 amide bonds. The van der Waals surface area contributed by atoms with E-state index in [9.17, 15) is 9.18 Å². The summed E-state index contributed by atoms with van der Waals surface area (Å²) in [5.41, 5.74) is 1.62. The average molecular weight is 207 g/mol. The maximum absolute atomic E-state index is 13.0. The molecule has 0 saturated heterocycles. The lowest BCUT2D eigenvalue weighted by Gasteiger charge is -2.02. The molecule has 0 aromatic heterocycles. The summed E-state index contributed by atoms with van der Waals surface area (Å²) in [5.74, 6) is 2.77. The molecule has 0 fully saturated rings. The molecule has 0 atom stereocenters. The quantitative estimate of drug-likeness (QED) is 0.503. The summed E-state index contributed by atoms with van der Waals surface area (Å²) >= 11 is 0. The Morgan fingerprint density at radius 2 is 2.15 bits per heavy atom. The van der Waals surface area contributed by atoms with Gasteiger partial charge in [0.2, 0.25) is 0 Å². The molecule has 1 aromatic carbocycles. The van der Waals surface area contributed by atoms with Gasteiger partial charge in [-0.05, 0) is 12.1 Å². The summed E-state index contributed by atoms with van der Waals surface area (Å²) in [5, 5.41) is 8.48. The number of carboxylic acid groups (broad SMARTS) is 1. The zero-order valence-electron chi connectivity index (χ0n) is 6.45. The van der Waals surface area contributed by atoms with Gasteiger partial charge < -0.3 is 10.5 Å². The van der Waals surface area contributed by atoms with E-state index in [1.165, 1.54) is 18.2 Å². The fourth-order valence-corrected chi connectivity index (χ4v) is 0.809. The third-order valence-electron chi connectivity index (χ3n) is 1.38. The number of nitrogen functional groups attached to an aromatic ring is 1. The lowest BCUT2D eigenvalue weighted by Crippen LogP contribution is -2.11. The zero-order valence-corrected chi connectivity index (χ0v) is 7.27. The molecule has 0 aliphatic carbocycles. The van der Waals surface area contributed by atoms with Crippen LogP contribution < -0.4 is 11.3 Å². The van der Waals surface area contributed by atoms with Crippen molar-refractivity contribution in [1.29, 1.82) is 0 Å². The number of carbonyl (C=O) groups is 1. The van der Waals surface area contributed by atoms with E-state index < -0.39 is 17.3 Å². The van der Waals surface area contributed by atoms with E-state index in [0.717, 1.165) is 0 Å². The largest absolute Gasteiger partial charge is 0.478 e. The predicted octanol–water partition coefficient (Wildman–Crippen LogP) is 1.23. The second-order valence-corrected chi connectivity index (χ2v) is 2.12. The van der Waals surface area contributed by atoms with E-state index >= 15 is 0 Å². The predicted molar refractivity (Wildman–Crippen MR) is 48.4 cm³/mol. The SMILES string of the molecule is Cl.NNc1cccc(C(=O)O)c1F. The molecule has 0 unspecified atom stereocenters. The van der Waals surface area contributed by atoms with Crippen molar-refractivity contribution in [2.75, 3.05) is 5.43 Å². The first-order chi connectivity index (χ1) is 5.66. The molecule has 1 rings (SSSR count). The van der Waals surface area contributed by atoms with E-state index in [1.54, 1.807) is 0 Å². The Morgan fingerprint density at radius 1 is 1.54 bits per heavy atom. The number of hydrogen-bond donors (Lipinski definition) is 3. The summed E-state index contributed by atoms with van der Waals surface area (Å²) in [6.45, 7) is 0. The fraction of sp³-hybridized carbons (Fsp3) is 0. The molecular weight excluding hydrogens is 199 g/mol. The molecule has 0 radical (unpaired) electrons. The summed E-state index contributed by atoms with van der Waals surface area (Å²) in [4.78, 5) is 10.4. The van der Waals surface area contributed by atoms with Crippen LogP contribution in [-0.4, -0.2) is 11.1 Å². The third kappa shape index (κ3) is 2.30. The minimum Gasteiger partial charge on any atom is -0.478 e. The van der Waals surface area contributed by atoms with E-state index in [0.29, 0.717) is 0 Å². The second-order valence-electron chi connectivity index (χ2n) is 2.12. The standard InChI is InChI=1S/C7H7FN2O2.ClH/c8-6-4(7(11)12)2-1-3-5(6)10-9;/h1-3,10H,9H2,(H,11,12);1H. The highest BCUT2D eigenvalue weighted by atomic mass is 35.5. The van der Waals surface area contributed by atoms with Gasteiger partial charge in [0, 0.05) is 0 Å². The van der Waals surface area contributed by atoms with Crippen molar-refractivity contribution >= 4 is 24.1 Å². The van der Waals surface area contributed by atoms with Crippen LogP contribution in [0.4, 0.5) is 10.1 Å². The molecule has 72 valence electrons. The minimum absolute atomic E-state index is 0. The molecule has 0 saturated carbocycles. The van der Waals surface area contributed by atoms with Crippen molar-refractivity contribution in [3.05, 3.63) is 29.6 Å². The second kappa shape index (κ2) is 4.64. The lowest BCUT2D eigenvalue weighted by atomic mass is 10.2. The maximum Gasteiger partial charge on any atom is 0.338 e. The summed E-state index contributed by atoms with van der Waals surface area (Å²) in [7, 11) is 0. The van der Waals surface area contributed by atoms with Crippen LogP contribution in [0, 0.1) is 5.82 Å². The number of hydrogen-bond acceptors (Lipinski definition) is 3. The number of aromatic carboxylic acids is 1. The van der Waals surface area contributed by atoms with Gasteiger partial charge in [0.15, 0.2) is 5.82 Å². The third-order valence-corrected chi connectivity index (χ3v) is 1.38. The molecule has 4 nitrogen and oxygen atoms in total. The Bertz CT molecular complexity index is 319. The summed E-state index contributed by atoms with van der Waals surface area (Å²) in [6.07, 6.45) is 0. The van der Waals surface area contributed by atoms with Gasteiger partial charge in [0.25, 0.3) is 0 Å². The van der Waals surface area contributed by atoms with Crippen LogP contribution in [0.1, 0.15) is 10.4 Å². The van der Waals surface area contributed by atoms with Crippen LogP contribution in [-0.2, 0) is 0 Å². The van der Waals surface area contributed by atoms with Gasteiger partial charge in [-0.25, -0.2) is 9.18 Å². The van der Waals surface area contributed by atoms with Crippen LogP contribution in [0.2, 0.25) is 0 Å². The van der Waals surface area contributed by atoms with Crippen molar-refractivity contribution in [2.24, 2.45) is 5.84 Å². The molecule has 0 bridgehead atoms. The first-order valence-electron chi connectivity index (χ1n) is 3.15. The monoisotopic (exact) mass is 206 g/mol. The van der Waals surface area contributed by atoms with Gasteiger partial charge in [-0.1, -0.05) is 6.07 Å². The molecule has 1 aromatic rings. The Morgan fingerprint density at radius 3 is 2.62 bits per heavy atom.